The number of hydrogen-bond acceptors (Lipinski definition) is 3. The van der Waals surface area contributed by atoms with E-state index in [9.17, 15) is 23.4 Å². The third-order valence-electron chi connectivity index (χ3n) is 2.73. The number of alkyl halides is 3. The molecule has 88 valence electrons. The van der Waals surface area contributed by atoms with Crippen molar-refractivity contribution < 1.29 is 23.4 Å². The first-order valence-corrected chi connectivity index (χ1v) is 4.66. The number of nitrogens with two attached hydrogens (primary N) is 1. The van der Waals surface area contributed by atoms with Gasteiger partial charge >= 0.3 is 6.18 Å². The molecule has 1 aromatic carbocycles. The third kappa shape index (κ3) is 1.69. The Morgan fingerprint density at radius 3 is 2.19 bits per heavy atom. The maximum Gasteiger partial charge on any atom is 0.420 e. The topological polar surface area (TPSA) is 66.5 Å². The zero-order chi connectivity index (χ0) is 12.1. The van der Waals surface area contributed by atoms with Gasteiger partial charge in [-0.05, 0) is 25.0 Å². The zero-order valence-electron chi connectivity index (χ0n) is 8.17. The second-order valence-corrected chi connectivity index (χ2v) is 4.04. The molecule has 0 atom stereocenters. The Morgan fingerprint density at radius 2 is 1.75 bits per heavy atom. The van der Waals surface area contributed by atoms with E-state index >= 15 is 0 Å². The van der Waals surface area contributed by atoms with Crippen molar-refractivity contribution in [2.24, 2.45) is 5.73 Å². The second kappa shape index (κ2) is 3.04. The van der Waals surface area contributed by atoms with E-state index in [-0.39, 0.29) is 5.56 Å². The van der Waals surface area contributed by atoms with Crippen LogP contribution in [-0.2, 0) is 11.7 Å². The van der Waals surface area contributed by atoms with Gasteiger partial charge in [0.2, 0.25) is 0 Å². The van der Waals surface area contributed by atoms with Crippen LogP contribution in [0.15, 0.2) is 12.1 Å². The van der Waals surface area contributed by atoms with Crippen molar-refractivity contribution in [1.29, 1.82) is 0 Å². The molecule has 0 saturated heterocycles. The molecule has 1 fully saturated rings. The highest BCUT2D eigenvalue weighted by Crippen LogP contribution is 2.50. The first kappa shape index (κ1) is 11.1. The van der Waals surface area contributed by atoms with E-state index in [1.165, 1.54) is 0 Å². The normalized spacial score (nSPS) is 18.5. The van der Waals surface area contributed by atoms with Crippen LogP contribution < -0.4 is 5.73 Å². The van der Waals surface area contributed by atoms with Crippen molar-refractivity contribution in [2.75, 3.05) is 0 Å². The molecule has 0 aromatic heterocycles. The lowest BCUT2D eigenvalue weighted by molar-refractivity contribution is -0.139. The fraction of sp³-hybridized carbons (Fsp3) is 0.400. The SMILES string of the molecule is NC1(c2cc(O)cc(C(F)(F)F)c2O)CC1. The van der Waals surface area contributed by atoms with Crippen LogP contribution in [-0.4, -0.2) is 10.2 Å². The molecule has 0 amide bonds. The Kier molecular flexibility index (Phi) is 2.10. The molecule has 1 aromatic rings. The van der Waals surface area contributed by atoms with Gasteiger partial charge in [0.1, 0.15) is 17.1 Å². The van der Waals surface area contributed by atoms with Crippen molar-refractivity contribution in [3.8, 4) is 11.5 Å². The van der Waals surface area contributed by atoms with Crippen molar-refractivity contribution in [1.82, 2.24) is 0 Å². The number of phenolic OH excluding ortho intramolecular Hbond substituents is 2. The molecule has 1 saturated carbocycles. The number of phenols is 2. The third-order valence-corrected chi connectivity index (χ3v) is 2.73. The molecule has 0 radical (unpaired) electrons. The van der Waals surface area contributed by atoms with Crippen molar-refractivity contribution >= 4 is 0 Å². The summed E-state index contributed by atoms with van der Waals surface area (Å²) in [6.07, 6.45) is -3.70. The van der Waals surface area contributed by atoms with E-state index in [1.54, 1.807) is 0 Å². The Labute approximate surface area is 89.3 Å². The highest BCUT2D eigenvalue weighted by atomic mass is 19.4. The summed E-state index contributed by atoms with van der Waals surface area (Å²) < 4.78 is 37.5. The molecule has 1 aliphatic rings. The van der Waals surface area contributed by atoms with Gasteiger partial charge in [0.15, 0.2) is 0 Å². The molecule has 0 heterocycles. The summed E-state index contributed by atoms with van der Waals surface area (Å²) in [5.41, 5.74) is 3.49. The van der Waals surface area contributed by atoms with E-state index in [0.717, 1.165) is 6.07 Å². The number of benzene rings is 1. The molecule has 0 bridgehead atoms. The average molecular weight is 233 g/mol. The lowest BCUT2D eigenvalue weighted by atomic mass is 10.00. The first-order valence-electron chi connectivity index (χ1n) is 4.66. The molecular formula is C10H10F3NO2. The van der Waals surface area contributed by atoms with Crippen LogP contribution in [0.25, 0.3) is 0 Å². The van der Waals surface area contributed by atoms with Crippen molar-refractivity contribution in [3.05, 3.63) is 23.3 Å². The Bertz CT molecular complexity index is 412. The van der Waals surface area contributed by atoms with Crippen LogP contribution in [0.5, 0.6) is 11.5 Å². The van der Waals surface area contributed by atoms with Crippen LogP contribution in [0.2, 0.25) is 0 Å². The van der Waals surface area contributed by atoms with Crippen molar-refractivity contribution in [3.63, 3.8) is 0 Å². The molecule has 4 N–H and O–H groups in total. The summed E-state index contributed by atoms with van der Waals surface area (Å²) in [5.74, 6) is -1.43. The predicted octanol–water partition coefficient (Wildman–Crippen LogP) is 2.06. The number of halogens is 3. The molecule has 2 rings (SSSR count). The number of rotatable bonds is 1. The summed E-state index contributed by atoms with van der Waals surface area (Å²) >= 11 is 0. The van der Waals surface area contributed by atoms with Crippen molar-refractivity contribution in [2.45, 2.75) is 24.6 Å². The minimum atomic E-state index is -4.71. The number of aromatic hydroxyl groups is 2. The molecule has 16 heavy (non-hydrogen) atoms. The first-order chi connectivity index (χ1) is 7.24. The van der Waals surface area contributed by atoms with E-state index < -0.39 is 28.8 Å². The van der Waals surface area contributed by atoms with Gasteiger partial charge in [-0.25, -0.2) is 0 Å². The minimum Gasteiger partial charge on any atom is -0.508 e. The molecular weight excluding hydrogens is 223 g/mol. The van der Waals surface area contributed by atoms with Gasteiger partial charge < -0.3 is 15.9 Å². The van der Waals surface area contributed by atoms with Gasteiger partial charge in [-0.2, -0.15) is 13.2 Å². The van der Waals surface area contributed by atoms with E-state index in [4.69, 9.17) is 5.73 Å². The smallest absolute Gasteiger partial charge is 0.420 e. The lowest BCUT2D eigenvalue weighted by Gasteiger charge is -2.16. The molecule has 0 aliphatic heterocycles. The van der Waals surface area contributed by atoms with Gasteiger partial charge in [0.25, 0.3) is 0 Å². The van der Waals surface area contributed by atoms with E-state index in [2.05, 4.69) is 0 Å². The maximum atomic E-state index is 12.5. The Hall–Kier alpha value is -1.43. The summed E-state index contributed by atoms with van der Waals surface area (Å²) in [6, 6.07) is 1.57. The van der Waals surface area contributed by atoms with Crippen LogP contribution in [0, 0.1) is 0 Å². The summed E-state index contributed by atoms with van der Waals surface area (Å²) in [5, 5.41) is 18.7. The molecule has 0 spiro atoms. The summed E-state index contributed by atoms with van der Waals surface area (Å²) in [7, 11) is 0. The Balaban J connectivity index is 2.60. The molecule has 1 aliphatic carbocycles. The fourth-order valence-electron chi connectivity index (χ4n) is 1.62. The van der Waals surface area contributed by atoms with Crippen LogP contribution in [0.1, 0.15) is 24.0 Å². The fourth-order valence-corrected chi connectivity index (χ4v) is 1.62. The van der Waals surface area contributed by atoms with Gasteiger partial charge in [0, 0.05) is 11.1 Å². The summed E-state index contributed by atoms with van der Waals surface area (Å²) in [4.78, 5) is 0. The molecule has 3 nitrogen and oxygen atoms in total. The standard InChI is InChI=1S/C10H10F3NO2/c11-10(12,13)7-4-5(15)3-6(8(7)16)9(14)1-2-9/h3-4,15-16H,1-2,14H2. The highest BCUT2D eigenvalue weighted by Gasteiger charge is 2.45. The minimum absolute atomic E-state index is 0.0418. The Morgan fingerprint density at radius 1 is 1.19 bits per heavy atom. The van der Waals surface area contributed by atoms with E-state index in [1.807, 2.05) is 0 Å². The average Bonchev–Trinajstić information content (AvgIpc) is 2.86. The van der Waals surface area contributed by atoms with E-state index in [0.29, 0.717) is 18.9 Å². The molecule has 0 unspecified atom stereocenters. The summed E-state index contributed by atoms with van der Waals surface area (Å²) in [6.45, 7) is 0. The van der Waals surface area contributed by atoms with Crippen LogP contribution in [0.4, 0.5) is 13.2 Å². The van der Waals surface area contributed by atoms with Gasteiger partial charge in [-0.15, -0.1) is 0 Å². The largest absolute Gasteiger partial charge is 0.508 e. The van der Waals surface area contributed by atoms with Crippen LogP contribution in [0.3, 0.4) is 0 Å². The highest BCUT2D eigenvalue weighted by molar-refractivity contribution is 5.52. The lowest BCUT2D eigenvalue weighted by Crippen LogP contribution is -2.20. The van der Waals surface area contributed by atoms with Gasteiger partial charge in [-0.3, -0.25) is 0 Å². The van der Waals surface area contributed by atoms with Gasteiger partial charge in [0.05, 0.1) is 0 Å². The molecule has 6 heteroatoms. The monoisotopic (exact) mass is 233 g/mol. The second-order valence-electron chi connectivity index (χ2n) is 4.04. The predicted molar refractivity (Wildman–Crippen MR) is 49.9 cm³/mol. The quantitative estimate of drug-likeness (QED) is 0.650. The zero-order valence-corrected chi connectivity index (χ0v) is 8.17. The van der Waals surface area contributed by atoms with Crippen LogP contribution >= 0.6 is 0 Å². The van der Waals surface area contributed by atoms with Gasteiger partial charge in [-0.1, -0.05) is 0 Å². The number of hydrogen-bond donors (Lipinski definition) is 3. The maximum absolute atomic E-state index is 12.5.